The number of carbonyl (C=O) groups is 1. The largest absolute Gasteiger partial charge is 0.495 e. The number of aromatic nitrogens is 4. The molecule has 0 unspecified atom stereocenters. The molecular formula is C21H19N5O3. The second-order valence-corrected chi connectivity index (χ2v) is 6.45. The molecule has 0 spiro atoms. The minimum atomic E-state index is -0.387. The summed E-state index contributed by atoms with van der Waals surface area (Å²) in [6, 6.07) is 16.4. The van der Waals surface area contributed by atoms with E-state index in [1.807, 2.05) is 36.4 Å². The Labute approximate surface area is 166 Å². The molecule has 0 saturated carbocycles. The number of ether oxygens (including phenoxy) is 1. The molecule has 2 heterocycles. The molecule has 0 bridgehead atoms. The SMILES string of the molecule is COc1ccccc1NC(=O)Cn1nc(C)c2cnn(-c3ccccc3)c2c1=O. The van der Waals surface area contributed by atoms with Gasteiger partial charge in [-0.1, -0.05) is 30.3 Å². The number of nitrogens with one attached hydrogen (secondary N) is 1. The van der Waals surface area contributed by atoms with E-state index < -0.39 is 0 Å². The van der Waals surface area contributed by atoms with Crippen LogP contribution in [0.1, 0.15) is 5.69 Å². The van der Waals surface area contributed by atoms with Gasteiger partial charge < -0.3 is 10.1 Å². The van der Waals surface area contributed by atoms with Gasteiger partial charge in [-0.05, 0) is 31.2 Å². The molecule has 2 aromatic carbocycles. The zero-order valence-electron chi connectivity index (χ0n) is 16.0. The Hall–Kier alpha value is -3.94. The number of amides is 1. The molecule has 0 radical (unpaired) electrons. The number of anilines is 1. The average Bonchev–Trinajstić information content (AvgIpc) is 3.19. The van der Waals surface area contributed by atoms with Crippen molar-refractivity contribution in [3.05, 3.63) is 76.8 Å². The molecule has 0 aliphatic heterocycles. The lowest BCUT2D eigenvalue weighted by molar-refractivity contribution is -0.117. The fourth-order valence-electron chi connectivity index (χ4n) is 3.17. The number of methoxy groups -OCH3 is 1. The number of para-hydroxylation sites is 3. The van der Waals surface area contributed by atoms with Crippen LogP contribution in [0.5, 0.6) is 5.75 Å². The Balaban J connectivity index is 1.70. The Kier molecular flexibility index (Phi) is 4.82. The van der Waals surface area contributed by atoms with Crippen LogP contribution in [0.3, 0.4) is 0 Å². The van der Waals surface area contributed by atoms with Gasteiger partial charge in [0.15, 0.2) is 0 Å². The Bertz CT molecular complexity index is 1240. The Morgan fingerprint density at radius 3 is 2.59 bits per heavy atom. The highest BCUT2D eigenvalue weighted by molar-refractivity contribution is 5.92. The molecule has 4 rings (SSSR count). The smallest absolute Gasteiger partial charge is 0.293 e. The number of nitrogens with zero attached hydrogens (tertiary/aromatic N) is 4. The minimum Gasteiger partial charge on any atom is -0.495 e. The van der Waals surface area contributed by atoms with E-state index in [0.29, 0.717) is 28.0 Å². The number of carbonyl (C=O) groups excluding carboxylic acids is 1. The van der Waals surface area contributed by atoms with E-state index in [1.165, 1.54) is 7.11 Å². The summed E-state index contributed by atoms with van der Waals surface area (Å²) < 4.78 is 7.97. The molecular weight excluding hydrogens is 370 g/mol. The Morgan fingerprint density at radius 2 is 1.83 bits per heavy atom. The van der Waals surface area contributed by atoms with E-state index in [-0.39, 0.29) is 18.0 Å². The number of fused-ring (bicyclic) bond motifs is 1. The summed E-state index contributed by atoms with van der Waals surface area (Å²) in [6.07, 6.45) is 1.62. The third-order valence-electron chi connectivity index (χ3n) is 4.54. The number of hydrogen-bond acceptors (Lipinski definition) is 5. The van der Waals surface area contributed by atoms with Gasteiger partial charge in [0, 0.05) is 5.39 Å². The fraction of sp³-hybridized carbons (Fsp3) is 0.143. The van der Waals surface area contributed by atoms with Crippen molar-refractivity contribution in [2.45, 2.75) is 13.5 Å². The monoisotopic (exact) mass is 389 g/mol. The summed E-state index contributed by atoms with van der Waals surface area (Å²) in [4.78, 5) is 25.6. The summed E-state index contributed by atoms with van der Waals surface area (Å²) in [7, 11) is 1.53. The van der Waals surface area contributed by atoms with E-state index >= 15 is 0 Å². The topological polar surface area (TPSA) is 91.0 Å². The van der Waals surface area contributed by atoms with Crippen LogP contribution in [0.15, 0.2) is 65.6 Å². The van der Waals surface area contributed by atoms with Crippen LogP contribution >= 0.6 is 0 Å². The highest BCUT2D eigenvalue weighted by atomic mass is 16.5. The van der Waals surface area contributed by atoms with Crippen molar-refractivity contribution in [3.8, 4) is 11.4 Å². The van der Waals surface area contributed by atoms with E-state index in [2.05, 4.69) is 15.5 Å². The van der Waals surface area contributed by atoms with Crippen molar-refractivity contribution < 1.29 is 9.53 Å². The number of rotatable bonds is 5. The van der Waals surface area contributed by atoms with Crippen LogP contribution in [-0.4, -0.2) is 32.6 Å². The van der Waals surface area contributed by atoms with Crippen LogP contribution in [0.25, 0.3) is 16.6 Å². The van der Waals surface area contributed by atoms with Gasteiger partial charge in [-0.2, -0.15) is 10.2 Å². The van der Waals surface area contributed by atoms with Crippen LogP contribution in [0, 0.1) is 6.92 Å². The first-order valence-electron chi connectivity index (χ1n) is 9.02. The van der Waals surface area contributed by atoms with Crippen molar-refractivity contribution in [2.24, 2.45) is 0 Å². The van der Waals surface area contributed by atoms with Gasteiger partial charge in [-0.15, -0.1) is 0 Å². The molecule has 4 aromatic rings. The molecule has 0 fully saturated rings. The van der Waals surface area contributed by atoms with Gasteiger partial charge in [-0.25, -0.2) is 9.36 Å². The van der Waals surface area contributed by atoms with Gasteiger partial charge in [0.05, 0.1) is 30.4 Å². The predicted molar refractivity (Wildman–Crippen MR) is 109 cm³/mol. The maximum atomic E-state index is 13.1. The van der Waals surface area contributed by atoms with E-state index in [1.54, 1.807) is 36.0 Å². The average molecular weight is 389 g/mol. The van der Waals surface area contributed by atoms with Crippen LogP contribution < -0.4 is 15.6 Å². The molecule has 0 atom stereocenters. The maximum Gasteiger partial charge on any atom is 0.293 e. The van der Waals surface area contributed by atoms with Gasteiger partial charge in [0.25, 0.3) is 5.56 Å². The molecule has 0 aliphatic carbocycles. The summed E-state index contributed by atoms with van der Waals surface area (Å²) in [6.45, 7) is 1.56. The zero-order chi connectivity index (χ0) is 20.4. The standard InChI is InChI=1S/C21H19N5O3/c1-14-16-12-22-26(15-8-4-3-5-9-15)20(16)21(28)25(24-14)13-19(27)23-17-10-6-7-11-18(17)29-2/h3-12H,13H2,1-2H3,(H,23,27). The molecule has 1 amide bonds. The van der Waals surface area contributed by atoms with Crippen molar-refractivity contribution in [1.82, 2.24) is 19.6 Å². The van der Waals surface area contributed by atoms with Gasteiger partial charge in [-0.3, -0.25) is 9.59 Å². The summed E-state index contributed by atoms with van der Waals surface area (Å²) in [5.74, 6) is 0.156. The van der Waals surface area contributed by atoms with Gasteiger partial charge in [0.2, 0.25) is 5.91 Å². The first kappa shape index (κ1) is 18.4. The lowest BCUT2D eigenvalue weighted by Gasteiger charge is -2.11. The zero-order valence-corrected chi connectivity index (χ0v) is 16.0. The first-order valence-corrected chi connectivity index (χ1v) is 9.02. The lowest BCUT2D eigenvalue weighted by atomic mass is 10.2. The van der Waals surface area contributed by atoms with Crippen molar-refractivity contribution in [2.75, 3.05) is 12.4 Å². The van der Waals surface area contributed by atoms with Gasteiger partial charge in [0.1, 0.15) is 17.8 Å². The predicted octanol–water partition coefficient (Wildman–Crippen LogP) is 2.54. The van der Waals surface area contributed by atoms with Crippen molar-refractivity contribution >= 4 is 22.5 Å². The van der Waals surface area contributed by atoms with Crippen molar-refractivity contribution in [3.63, 3.8) is 0 Å². The van der Waals surface area contributed by atoms with Crippen LogP contribution in [0.2, 0.25) is 0 Å². The fourth-order valence-corrected chi connectivity index (χ4v) is 3.17. The normalized spacial score (nSPS) is 10.8. The number of hydrogen-bond donors (Lipinski definition) is 1. The third-order valence-corrected chi connectivity index (χ3v) is 4.54. The van der Waals surface area contributed by atoms with Gasteiger partial charge >= 0.3 is 0 Å². The molecule has 0 aliphatic rings. The summed E-state index contributed by atoms with van der Waals surface area (Å²) in [5, 5.41) is 12.0. The molecule has 8 heteroatoms. The van der Waals surface area contributed by atoms with Crippen LogP contribution in [-0.2, 0) is 11.3 Å². The van der Waals surface area contributed by atoms with E-state index in [9.17, 15) is 9.59 Å². The summed E-state index contributed by atoms with van der Waals surface area (Å²) >= 11 is 0. The Morgan fingerprint density at radius 1 is 1.10 bits per heavy atom. The number of aryl methyl sites for hydroxylation is 1. The lowest BCUT2D eigenvalue weighted by Crippen LogP contribution is -2.31. The second kappa shape index (κ2) is 7.59. The number of benzene rings is 2. The van der Waals surface area contributed by atoms with Crippen LogP contribution in [0.4, 0.5) is 5.69 Å². The first-order chi connectivity index (χ1) is 14.1. The highest BCUT2D eigenvalue weighted by Crippen LogP contribution is 2.23. The van der Waals surface area contributed by atoms with E-state index in [0.717, 1.165) is 10.4 Å². The minimum absolute atomic E-state index is 0.229. The molecule has 2 aromatic heterocycles. The molecule has 8 nitrogen and oxygen atoms in total. The molecule has 1 N–H and O–H groups in total. The second-order valence-electron chi connectivity index (χ2n) is 6.45. The van der Waals surface area contributed by atoms with Crippen molar-refractivity contribution in [1.29, 1.82) is 0 Å². The van der Waals surface area contributed by atoms with E-state index in [4.69, 9.17) is 4.74 Å². The molecule has 0 saturated heterocycles. The quantitative estimate of drug-likeness (QED) is 0.566. The maximum absolute atomic E-state index is 13.1. The highest BCUT2D eigenvalue weighted by Gasteiger charge is 2.17. The summed E-state index contributed by atoms with van der Waals surface area (Å²) in [5.41, 5.74) is 1.90. The molecule has 146 valence electrons. The molecule has 29 heavy (non-hydrogen) atoms. The third kappa shape index (κ3) is 3.47.